The van der Waals surface area contributed by atoms with E-state index >= 15 is 0 Å². The van der Waals surface area contributed by atoms with Crippen molar-refractivity contribution < 1.29 is 23.9 Å². The van der Waals surface area contributed by atoms with Crippen molar-refractivity contribution in [2.75, 3.05) is 6.67 Å². The molecule has 22 heavy (non-hydrogen) atoms. The molecule has 0 heterocycles. The van der Waals surface area contributed by atoms with Crippen molar-refractivity contribution in [3.05, 3.63) is 47.5 Å². The van der Waals surface area contributed by atoms with Crippen LogP contribution in [0.15, 0.2) is 36.4 Å². The zero-order valence-electron chi connectivity index (χ0n) is 12.5. The van der Waals surface area contributed by atoms with Gasteiger partial charge < -0.3 is 5.11 Å². The maximum atomic E-state index is 12.4. The van der Waals surface area contributed by atoms with Gasteiger partial charge in [0.1, 0.15) is 6.67 Å². The fourth-order valence-corrected chi connectivity index (χ4v) is 2.07. The Morgan fingerprint density at radius 2 is 1.82 bits per heavy atom. The summed E-state index contributed by atoms with van der Waals surface area (Å²) in [5.74, 6) is -3.09. The highest BCUT2D eigenvalue weighted by molar-refractivity contribution is 6.08. The lowest BCUT2D eigenvalue weighted by Crippen LogP contribution is -2.20. The van der Waals surface area contributed by atoms with E-state index in [1.807, 2.05) is 6.92 Å². The molecule has 0 amide bonds. The van der Waals surface area contributed by atoms with Crippen molar-refractivity contribution in [2.24, 2.45) is 5.92 Å². The molecule has 0 aromatic heterocycles. The summed E-state index contributed by atoms with van der Waals surface area (Å²) in [6.45, 7) is 4.39. The number of carboxylic acids is 1. The van der Waals surface area contributed by atoms with Crippen LogP contribution in [0.1, 0.15) is 35.2 Å². The number of alkyl halides is 1. The molecule has 118 valence electrons. The molecule has 1 unspecified atom stereocenters. The van der Waals surface area contributed by atoms with Gasteiger partial charge in [-0.1, -0.05) is 36.4 Å². The first-order valence-electron chi connectivity index (χ1n) is 6.94. The van der Waals surface area contributed by atoms with Gasteiger partial charge in [-0.15, -0.1) is 0 Å². The molecule has 0 aliphatic heterocycles. The Balaban J connectivity index is 2.66. The third kappa shape index (κ3) is 5.24. The normalized spacial score (nSPS) is 11.7. The summed E-state index contributed by atoms with van der Waals surface area (Å²) < 4.78 is 12.4. The van der Waals surface area contributed by atoms with E-state index in [9.17, 15) is 18.8 Å². The van der Waals surface area contributed by atoms with Crippen LogP contribution in [0.4, 0.5) is 4.39 Å². The third-order valence-corrected chi connectivity index (χ3v) is 3.44. The number of rotatable bonds is 9. The van der Waals surface area contributed by atoms with Gasteiger partial charge in [-0.2, -0.15) is 0 Å². The van der Waals surface area contributed by atoms with Crippen LogP contribution in [0.2, 0.25) is 0 Å². The molecule has 0 spiro atoms. The number of ketones is 2. The zero-order chi connectivity index (χ0) is 16.7. The predicted octanol–water partition coefficient (Wildman–Crippen LogP) is 3.14. The summed E-state index contributed by atoms with van der Waals surface area (Å²) in [5.41, 5.74) is 1.80. The zero-order valence-corrected chi connectivity index (χ0v) is 12.5. The third-order valence-electron chi connectivity index (χ3n) is 3.44. The number of halogens is 1. The minimum Gasteiger partial charge on any atom is -0.481 e. The van der Waals surface area contributed by atoms with Crippen LogP contribution in [0, 0.1) is 12.8 Å². The Kier molecular flexibility index (Phi) is 6.63. The molecule has 0 fully saturated rings. The first kappa shape index (κ1) is 17.8. The first-order valence-corrected chi connectivity index (χ1v) is 6.94. The van der Waals surface area contributed by atoms with Gasteiger partial charge in [0.05, 0.1) is 6.42 Å². The van der Waals surface area contributed by atoms with Crippen LogP contribution < -0.4 is 0 Å². The number of carbonyl (C=O) groups is 3. The van der Waals surface area contributed by atoms with Crippen molar-refractivity contribution in [3.8, 4) is 0 Å². The van der Waals surface area contributed by atoms with Crippen LogP contribution in [0.3, 0.4) is 0 Å². The van der Waals surface area contributed by atoms with E-state index in [4.69, 9.17) is 5.11 Å². The fraction of sp³-hybridized carbons (Fsp3) is 0.353. The second-order valence-electron chi connectivity index (χ2n) is 5.23. The standard InChI is InChI=1S/C17H19FO4/c1-11-3-6-13(7-4-11)17(22)12(2)5-8-14(9-16(20)21)15(19)10-18/h3-4,6-7,14H,2,5,8-10H2,1H3,(H,20,21). The highest BCUT2D eigenvalue weighted by Gasteiger charge is 2.22. The summed E-state index contributed by atoms with van der Waals surface area (Å²) in [6.07, 6.45) is -0.170. The minimum absolute atomic E-state index is 0.103. The highest BCUT2D eigenvalue weighted by atomic mass is 19.1. The van der Waals surface area contributed by atoms with E-state index in [2.05, 4.69) is 6.58 Å². The lowest BCUT2D eigenvalue weighted by atomic mass is 9.91. The molecule has 0 aliphatic rings. The lowest BCUT2D eigenvalue weighted by molar-refractivity contribution is -0.141. The molecular weight excluding hydrogens is 287 g/mol. The molecule has 1 N–H and O–H groups in total. The van der Waals surface area contributed by atoms with Crippen LogP contribution in [-0.4, -0.2) is 29.3 Å². The average molecular weight is 306 g/mol. The van der Waals surface area contributed by atoms with Gasteiger partial charge >= 0.3 is 5.97 Å². The molecule has 0 aliphatic carbocycles. The largest absolute Gasteiger partial charge is 0.481 e. The van der Waals surface area contributed by atoms with Crippen molar-refractivity contribution in [1.29, 1.82) is 0 Å². The van der Waals surface area contributed by atoms with Gasteiger partial charge in [-0.05, 0) is 25.3 Å². The summed E-state index contributed by atoms with van der Waals surface area (Å²) in [6, 6.07) is 6.98. The Morgan fingerprint density at radius 3 is 2.32 bits per heavy atom. The average Bonchev–Trinajstić information content (AvgIpc) is 2.50. The van der Waals surface area contributed by atoms with E-state index in [0.29, 0.717) is 5.56 Å². The summed E-state index contributed by atoms with van der Waals surface area (Å²) in [5, 5.41) is 8.74. The Morgan fingerprint density at radius 1 is 1.23 bits per heavy atom. The smallest absolute Gasteiger partial charge is 0.304 e. The lowest BCUT2D eigenvalue weighted by Gasteiger charge is -2.12. The van der Waals surface area contributed by atoms with Crippen molar-refractivity contribution >= 4 is 17.5 Å². The van der Waals surface area contributed by atoms with E-state index in [-0.39, 0.29) is 24.2 Å². The van der Waals surface area contributed by atoms with Crippen molar-refractivity contribution in [2.45, 2.75) is 26.2 Å². The van der Waals surface area contributed by atoms with Gasteiger partial charge in [0, 0.05) is 11.5 Å². The molecule has 1 rings (SSSR count). The van der Waals surface area contributed by atoms with Crippen LogP contribution >= 0.6 is 0 Å². The molecule has 1 atom stereocenters. The second kappa shape index (κ2) is 8.22. The summed E-state index contributed by atoms with van der Waals surface area (Å²) in [7, 11) is 0. The summed E-state index contributed by atoms with van der Waals surface area (Å²) >= 11 is 0. The number of hydrogen-bond acceptors (Lipinski definition) is 3. The highest BCUT2D eigenvalue weighted by Crippen LogP contribution is 2.19. The maximum absolute atomic E-state index is 12.4. The van der Waals surface area contributed by atoms with Crippen LogP contribution in [-0.2, 0) is 9.59 Å². The molecule has 1 aromatic carbocycles. The van der Waals surface area contributed by atoms with E-state index < -0.39 is 30.8 Å². The second-order valence-corrected chi connectivity index (χ2v) is 5.23. The fourth-order valence-electron chi connectivity index (χ4n) is 2.07. The number of carbonyl (C=O) groups excluding carboxylic acids is 2. The van der Waals surface area contributed by atoms with Gasteiger partial charge in [0.15, 0.2) is 11.6 Å². The Bertz CT molecular complexity index is 575. The van der Waals surface area contributed by atoms with Gasteiger partial charge in [0.25, 0.3) is 0 Å². The molecule has 0 saturated heterocycles. The van der Waals surface area contributed by atoms with Crippen LogP contribution in [0.5, 0.6) is 0 Å². The predicted molar refractivity (Wildman–Crippen MR) is 80.6 cm³/mol. The first-order chi connectivity index (χ1) is 10.3. The molecule has 0 saturated carbocycles. The summed E-state index contributed by atoms with van der Waals surface area (Å²) in [4.78, 5) is 34.2. The van der Waals surface area contributed by atoms with E-state index in [1.54, 1.807) is 24.3 Å². The number of allylic oxidation sites excluding steroid dienone is 1. The van der Waals surface area contributed by atoms with Crippen molar-refractivity contribution in [3.63, 3.8) is 0 Å². The Hall–Kier alpha value is -2.30. The molecular formula is C17H19FO4. The van der Waals surface area contributed by atoms with Gasteiger partial charge in [-0.25, -0.2) is 4.39 Å². The van der Waals surface area contributed by atoms with Crippen LogP contribution in [0.25, 0.3) is 0 Å². The number of Topliss-reactive ketones (excluding diaryl/α,β-unsaturated/α-hetero) is 2. The minimum atomic E-state index is -1.20. The van der Waals surface area contributed by atoms with Crippen molar-refractivity contribution in [1.82, 2.24) is 0 Å². The number of aliphatic carboxylic acids is 1. The molecule has 0 radical (unpaired) electrons. The quantitative estimate of drug-likeness (QED) is 0.562. The van der Waals surface area contributed by atoms with Gasteiger partial charge in [0.2, 0.25) is 0 Å². The number of carboxylic acid groups (broad SMARTS) is 1. The SMILES string of the molecule is C=C(CCC(CC(=O)O)C(=O)CF)C(=O)c1ccc(C)cc1. The number of benzene rings is 1. The van der Waals surface area contributed by atoms with E-state index in [0.717, 1.165) is 5.56 Å². The van der Waals surface area contributed by atoms with Gasteiger partial charge in [-0.3, -0.25) is 14.4 Å². The molecule has 5 heteroatoms. The Labute approximate surface area is 128 Å². The maximum Gasteiger partial charge on any atom is 0.304 e. The van der Waals surface area contributed by atoms with E-state index in [1.165, 1.54) is 0 Å². The number of hydrogen-bond donors (Lipinski definition) is 1. The molecule has 4 nitrogen and oxygen atoms in total. The topological polar surface area (TPSA) is 71.4 Å². The monoisotopic (exact) mass is 306 g/mol. The molecule has 0 bridgehead atoms. The number of aryl methyl sites for hydroxylation is 1. The molecule has 1 aromatic rings.